The van der Waals surface area contributed by atoms with Crippen LogP contribution in [0.1, 0.15) is 36.6 Å². The van der Waals surface area contributed by atoms with Crippen molar-refractivity contribution in [2.75, 3.05) is 0 Å². The van der Waals surface area contributed by atoms with Gasteiger partial charge in [0.05, 0.1) is 6.04 Å². The van der Waals surface area contributed by atoms with Crippen molar-refractivity contribution in [2.45, 2.75) is 32.9 Å². The van der Waals surface area contributed by atoms with Crippen molar-refractivity contribution in [2.24, 2.45) is 0 Å². The van der Waals surface area contributed by atoms with Gasteiger partial charge in [0.15, 0.2) is 0 Å². The maximum Gasteiger partial charge on any atom is 0.315 e. The first-order chi connectivity index (χ1) is 10.6. The number of benzene rings is 2. The van der Waals surface area contributed by atoms with Crippen molar-refractivity contribution in [3.05, 3.63) is 70.2 Å². The number of hydrogen-bond acceptors (Lipinski definition) is 1. The van der Waals surface area contributed by atoms with Gasteiger partial charge in [0.2, 0.25) is 0 Å². The smallest absolute Gasteiger partial charge is 0.315 e. The number of carbonyl (C=O) groups excluding carboxylic acids is 1. The standard InChI is InChI=1S/C18H21ClN2O/c1-3-14-7-9-16(10-8-14)13(2)21-18(22)20-12-15-5-4-6-17(19)11-15/h4-11,13H,3,12H2,1-2H3,(H2,20,21,22). The fraction of sp³-hybridized carbons (Fsp3) is 0.278. The van der Waals surface area contributed by atoms with E-state index in [9.17, 15) is 4.79 Å². The second kappa shape index (κ2) is 7.85. The van der Waals surface area contributed by atoms with Crippen molar-refractivity contribution >= 4 is 17.6 Å². The maximum atomic E-state index is 12.0. The van der Waals surface area contributed by atoms with Gasteiger partial charge in [0, 0.05) is 11.6 Å². The molecule has 0 heterocycles. The molecule has 2 N–H and O–H groups in total. The first-order valence-electron chi connectivity index (χ1n) is 7.46. The summed E-state index contributed by atoms with van der Waals surface area (Å²) in [6, 6.07) is 15.5. The molecule has 1 unspecified atom stereocenters. The first-order valence-corrected chi connectivity index (χ1v) is 7.84. The number of urea groups is 1. The molecule has 3 nitrogen and oxygen atoms in total. The summed E-state index contributed by atoms with van der Waals surface area (Å²) in [4.78, 5) is 12.0. The maximum absolute atomic E-state index is 12.0. The molecule has 116 valence electrons. The lowest BCUT2D eigenvalue weighted by molar-refractivity contribution is 0.237. The summed E-state index contributed by atoms with van der Waals surface area (Å²) in [7, 11) is 0. The van der Waals surface area contributed by atoms with Crippen LogP contribution in [0.25, 0.3) is 0 Å². The Morgan fingerprint density at radius 3 is 2.50 bits per heavy atom. The highest BCUT2D eigenvalue weighted by molar-refractivity contribution is 6.30. The second-order valence-electron chi connectivity index (χ2n) is 5.27. The Labute approximate surface area is 136 Å². The zero-order valence-electron chi connectivity index (χ0n) is 12.9. The molecule has 0 fully saturated rings. The summed E-state index contributed by atoms with van der Waals surface area (Å²) < 4.78 is 0. The average Bonchev–Trinajstić information content (AvgIpc) is 2.53. The number of carbonyl (C=O) groups is 1. The molecule has 0 aliphatic rings. The number of halogens is 1. The predicted molar refractivity (Wildman–Crippen MR) is 91.1 cm³/mol. The van der Waals surface area contributed by atoms with Gasteiger partial charge in [-0.15, -0.1) is 0 Å². The molecule has 0 spiro atoms. The van der Waals surface area contributed by atoms with Crippen LogP contribution in [0, 0.1) is 0 Å². The molecule has 2 aromatic rings. The van der Waals surface area contributed by atoms with Crippen molar-refractivity contribution in [3.63, 3.8) is 0 Å². The van der Waals surface area contributed by atoms with Gasteiger partial charge in [0.1, 0.15) is 0 Å². The van der Waals surface area contributed by atoms with Crippen molar-refractivity contribution < 1.29 is 4.79 Å². The predicted octanol–water partition coefficient (Wildman–Crippen LogP) is 4.46. The third kappa shape index (κ3) is 4.78. The Hall–Kier alpha value is -2.00. The van der Waals surface area contributed by atoms with Gasteiger partial charge in [0.25, 0.3) is 0 Å². The topological polar surface area (TPSA) is 41.1 Å². The highest BCUT2D eigenvalue weighted by Crippen LogP contribution is 2.14. The largest absolute Gasteiger partial charge is 0.334 e. The van der Waals surface area contributed by atoms with Crippen LogP contribution in [0.4, 0.5) is 4.79 Å². The van der Waals surface area contributed by atoms with Crippen LogP contribution >= 0.6 is 11.6 Å². The minimum absolute atomic E-state index is 0.0368. The number of aryl methyl sites for hydroxylation is 1. The number of amides is 2. The van der Waals surface area contributed by atoms with Gasteiger partial charge < -0.3 is 10.6 Å². The van der Waals surface area contributed by atoms with Crippen LogP contribution in [0.2, 0.25) is 5.02 Å². The molecule has 2 amide bonds. The van der Waals surface area contributed by atoms with Crippen molar-refractivity contribution in [3.8, 4) is 0 Å². The summed E-state index contributed by atoms with van der Waals surface area (Å²) in [5.41, 5.74) is 3.36. The van der Waals surface area contributed by atoms with Gasteiger partial charge in [-0.25, -0.2) is 4.79 Å². The second-order valence-corrected chi connectivity index (χ2v) is 5.71. The molecule has 0 aliphatic heterocycles. The van der Waals surface area contributed by atoms with E-state index < -0.39 is 0 Å². The Morgan fingerprint density at radius 1 is 1.14 bits per heavy atom. The van der Waals surface area contributed by atoms with Crippen LogP contribution in [0.5, 0.6) is 0 Å². The number of hydrogen-bond donors (Lipinski definition) is 2. The molecule has 1 atom stereocenters. The zero-order chi connectivity index (χ0) is 15.9. The highest BCUT2D eigenvalue weighted by Gasteiger charge is 2.09. The van der Waals surface area contributed by atoms with Crippen LogP contribution in [-0.2, 0) is 13.0 Å². The average molecular weight is 317 g/mol. The van der Waals surface area contributed by atoms with Crippen LogP contribution < -0.4 is 10.6 Å². The van der Waals surface area contributed by atoms with E-state index in [1.807, 2.05) is 31.2 Å². The SMILES string of the molecule is CCc1ccc(C(C)NC(=O)NCc2cccc(Cl)c2)cc1. The zero-order valence-corrected chi connectivity index (χ0v) is 13.7. The fourth-order valence-electron chi connectivity index (χ4n) is 2.20. The lowest BCUT2D eigenvalue weighted by atomic mass is 10.1. The van der Waals surface area contributed by atoms with Crippen molar-refractivity contribution in [1.29, 1.82) is 0 Å². The summed E-state index contributed by atoms with van der Waals surface area (Å²) in [5.74, 6) is 0. The minimum Gasteiger partial charge on any atom is -0.334 e. The van der Waals surface area contributed by atoms with Gasteiger partial charge in [-0.3, -0.25) is 0 Å². The lowest BCUT2D eigenvalue weighted by Gasteiger charge is -2.15. The van der Waals surface area contributed by atoms with Gasteiger partial charge in [-0.1, -0.05) is 54.9 Å². The summed E-state index contributed by atoms with van der Waals surface area (Å²) in [5, 5.41) is 6.45. The Balaban J connectivity index is 1.85. The molecular weight excluding hydrogens is 296 g/mol. The third-order valence-electron chi connectivity index (χ3n) is 3.58. The molecule has 4 heteroatoms. The fourth-order valence-corrected chi connectivity index (χ4v) is 2.42. The van der Waals surface area contributed by atoms with E-state index in [1.165, 1.54) is 5.56 Å². The van der Waals surface area contributed by atoms with E-state index in [1.54, 1.807) is 0 Å². The van der Waals surface area contributed by atoms with Gasteiger partial charge in [-0.2, -0.15) is 0 Å². The number of rotatable bonds is 5. The molecule has 0 aliphatic carbocycles. The van der Waals surface area contributed by atoms with E-state index in [0.29, 0.717) is 11.6 Å². The quantitative estimate of drug-likeness (QED) is 0.840. The normalized spacial score (nSPS) is 11.8. The van der Waals surface area contributed by atoms with Gasteiger partial charge in [-0.05, 0) is 42.2 Å². The molecule has 0 radical (unpaired) electrons. The van der Waals surface area contributed by atoms with Crippen LogP contribution in [0.15, 0.2) is 48.5 Å². The molecule has 0 saturated heterocycles. The van der Waals surface area contributed by atoms with E-state index in [2.05, 4.69) is 41.8 Å². The molecule has 2 aromatic carbocycles. The van der Waals surface area contributed by atoms with Crippen LogP contribution in [-0.4, -0.2) is 6.03 Å². The Bertz CT molecular complexity index is 625. The molecule has 0 bridgehead atoms. The molecule has 0 aromatic heterocycles. The van der Waals surface area contributed by atoms with Gasteiger partial charge >= 0.3 is 6.03 Å². The summed E-state index contributed by atoms with van der Waals surface area (Å²) >= 11 is 5.92. The Morgan fingerprint density at radius 2 is 1.86 bits per heavy atom. The number of nitrogens with one attached hydrogen (secondary N) is 2. The van der Waals surface area contributed by atoms with Crippen molar-refractivity contribution in [1.82, 2.24) is 10.6 Å². The van der Waals surface area contributed by atoms with E-state index in [-0.39, 0.29) is 12.1 Å². The monoisotopic (exact) mass is 316 g/mol. The molecule has 22 heavy (non-hydrogen) atoms. The molecule has 0 saturated carbocycles. The first kappa shape index (κ1) is 16.4. The highest BCUT2D eigenvalue weighted by atomic mass is 35.5. The molecular formula is C18H21ClN2O. The Kier molecular flexibility index (Phi) is 5.84. The third-order valence-corrected chi connectivity index (χ3v) is 3.81. The van der Waals surface area contributed by atoms with E-state index >= 15 is 0 Å². The lowest BCUT2D eigenvalue weighted by Crippen LogP contribution is -2.36. The van der Waals surface area contributed by atoms with Crippen LogP contribution in [0.3, 0.4) is 0 Å². The molecule has 2 rings (SSSR count). The summed E-state index contributed by atoms with van der Waals surface area (Å²) in [6.45, 7) is 4.55. The van der Waals surface area contributed by atoms with E-state index in [4.69, 9.17) is 11.6 Å². The minimum atomic E-state index is -0.188. The summed E-state index contributed by atoms with van der Waals surface area (Å²) in [6.07, 6.45) is 1.02. The van der Waals surface area contributed by atoms with E-state index in [0.717, 1.165) is 17.5 Å².